The summed E-state index contributed by atoms with van der Waals surface area (Å²) in [5.41, 5.74) is 2.30. The van der Waals surface area contributed by atoms with Crippen LogP contribution in [0.3, 0.4) is 0 Å². The zero-order chi connectivity index (χ0) is 17.1. The second-order valence-electron chi connectivity index (χ2n) is 8.30. The average Bonchev–Trinajstić information content (AvgIpc) is 2.86. The molecule has 4 atom stereocenters. The van der Waals surface area contributed by atoms with Gasteiger partial charge < -0.3 is 10.2 Å². The maximum atomic E-state index is 12.3. The van der Waals surface area contributed by atoms with Crippen LogP contribution in [0.15, 0.2) is 22.8 Å². The number of aliphatic hydroxyl groups excluding tert-OH is 1. The molecule has 2 N–H and O–H groups in total. The van der Waals surface area contributed by atoms with Crippen LogP contribution in [0, 0.1) is 17.3 Å². The molecule has 0 aromatic heterocycles. The molecule has 4 aliphatic rings. The monoisotopic (exact) mass is 330 g/mol. The summed E-state index contributed by atoms with van der Waals surface area (Å²) < 4.78 is 0. The molecule has 4 nitrogen and oxygen atoms in total. The SMILES string of the molecule is C[C@]12CCC3=C4CCC(=O)CC4=CCC3C1CC[C@]2(O)C(=O)CO. The van der Waals surface area contributed by atoms with Gasteiger partial charge in [0.1, 0.15) is 18.0 Å². The van der Waals surface area contributed by atoms with E-state index in [1.54, 1.807) is 0 Å². The highest BCUT2D eigenvalue weighted by molar-refractivity contribution is 5.89. The standard InChI is InChI=1S/C20H26O4/c1-19-8-6-15-14-5-3-13(22)10-12(14)2-4-16(15)17(19)7-9-20(19,24)18(23)11-21/h2,16-17,21,24H,3-11H2,1H3/t16?,17?,19-,20-/m0/s1. The van der Waals surface area contributed by atoms with Crippen molar-refractivity contribution < 1.29 is 19.8 Å². The van der Waals surface area contributed by atoms with Gasteiger partial charge in [0.15, 0.2) is 5.78 Å². The third kappa shape index (κ3) is 1.99. The maximum Gasteiger partial charge on any atom is 0.190 e. The summed E-state index contributed by atoms with van der Waals surface area (Å²) in [5, 5.41) is 20.4. The molecule has 3 fully saturated rings. The smallest absolute Gasteiger partial charge is 0.190 e. The summed E-state index contributed by atoms with van der Waals surface area (Å²) >= 11 is 0. The second kappa shape index (κ2) is 5.37. The van der Waals surface area contributed by atoms with E-state index >= 15 is 0 Å². The highest BCUT2D eigenvalue weighted by Gasteiger charge is 2.63. The van der Waals surface area contributed by atoms with E-state index in [-0.39, 0.29) is 5.92 Å². The van der Waals surface area contributed by atoms with Gasteiger partial charge in [-0.15, -0.1) is 0 Å². The highest BCUT2D eigenvalue weighted by atomic mass is 16.3. The van der Waals surface area contributed by atoms with Crippen LogP contribution in [0.5, 0.6) is 0 Å². The molecule has 0 amide bonds. The number of hydrogen-bond acceptors (Lipinski definition) is 4. The quantitative estimate of drug-likeness (QED) is 0.816. The fourth-order valence-corrected chi connectivity index (χ4v) is 6.07. The summed E-state index contributed by atoms with van der Waals surface area (Å²) in [4.78, 5) is 24.0. The molecule has 0 bridgehead atoms. The van der Waals surface area contributed by atoms with Gasteiger partial charge in [-0.05, 0) is 61.5 Å². The third-order valence-corrected chi connectivity index (χ3v) is 7.47. The molecule has 24 heavy (non-hydrogen) atoms. The first-order valence-corrected chi connectivity index (χ1v) is 9.20. The van der Waals surface area contributed by atoms with Crippen molar-refractivity contribution in [1.29, 1.82) is 0 Å². The number of hydrogen-bond donors (Lipinski definition) is 2. The molecular weight excluding hydrogens is 304 g/mol. The second-order valence-corrected chi connectivity index (χ2v) is 8.30. The van der Waals surface area contributed by atoms with Crippen molar-refractivity contribution in [3.8, 4) is 0 Å². The zero-order valence-corrected chi connectivity index (χ0v) is 14.3. The molecule has 3 saturated carbocycles. The van der Waals surface area contributed by atoms with Gasteiger partial charge in [0.25, 0.3) is 0 Å². The van der Waals surface area contributed by atoms with Crippen LogP contribution in [0.1, 0.15) is 58.3 Å². The van der Waals surface area contributed by atoms with E-state index < -0.39 is 23.4 Å². The minimum absolute atomic E-state index is 0.282. The van der Waals surface area contributed by atoms with E-state index in [1.165, 1.54) is 16.7 Å². The number of allylic oxidation sites excluding steroid dienone is 4. The van der Waals surface area contributed by atoms with Gasteiger partial charge in [0, 0.05) is 18.3 Å². The Balaban J connectivity index is 1.69. The summed E-state index contributed by atoms with van der Waals surface area (Å²) in [7, 11) is 0. The molecule has 0 heterocycles. The van der Waals surface area contributed by atoms with Crippen molar-refractivity contribution in [3.63, 3.8) is 0 Å². The van der Waals surface area contributed by atoms with Gasteiger partial charge in [-0.2, -0.15) is 0 Å². The van der Waals surface area contributed by atoms with E-state index in [9.17, 15) is 19.8 Å². The summed E-state index contributed by atoms with van der Waals surface area (Å²) in [5.74, 6) is 0.591. The average molecular weight is 330 g/mol. The number of rotatable bonds is 2. The predicted molar refractivity (Wildman–Crippen MR) is 89.2 cm³/mol. The number of carbonyl (C=O) groups excluding carboxylic acids is 2. The first kappa shape index (κ1) is 16.2. The van der Waals surface area contributed by atoms with Crippen molar-refractivity contribution in [2.45, 2.75) is 63.9 Å². The van der Waals surface area contributed by atoms with E-state index in [4.69, 9.17) is 0 Å². The lowest BCUT2D eigenvalue weighted by molar-refractivity contribution is -0.157. The number of aliphatic hydroxyl groups is 2. The number of fused-ring (bicyclic) bond motifs is 4. The first-order chi connectivity index (χ1) is 11.4. The Kier molecular flexibility index (Phi) is 3.63. The van der Waals surface area contributed by atoms with Crippen LogP contribution in [0.4, 0.5) is 0 Å². The zero-order valence-electron chi connectivity index (χ0n) is 14.3. The van der Waals surface area contributed by atoms with Crippen molar-refractivity contribution in [2.75, 3.05) is 6.61 Å². The molecular formula is C20H26O4. The Labute approximate surface area is 142 Å². The largest absolute Gasteiger partial charge is 0.388 e. The van der Waals surface area contributed by atoms with Crippen LogP contribution in [0.25, 0.3) is 0 Å². The van der Waals surface area contributed by atoms with Crippen LogP contribution in [-0.4, -0.2) is 34.0 Å². The van der Waals surface area contributed by atoms with Gasteiger partial charge in [0.05, 0.1) is 0 Å². The fraction of sp³-hybridized carbons (Fsp3) is 0.700. The van der Waals surface area contributed by atoms with Crippen LogP contribution in [0.2, 0.25) is 0 Å². The van der Waals surface area contributed by atoms with Gasteiger partial charge in [-0.25, -0.2) is 0 Å². The Bertz CT molecular complexity index is 673. The molecule has 0 aromatic carbocycles. The lowest BCUT2D eigenvalue weighted by Crippen LogP contribution is -2.55. The molecule has 0 radical (unpaired) electrons. The molecule has 2 unspecified atom stereocenters. The topological polar surface area (TPSA) is 74.6 Å². The van der Waals surface area contributed by atoms with Crippen LogP contribution < -0.4 is 0 Å². The molecule has 130 valence electrons. The number of Topliss-reactive ketones (excluding diaryl/α,β-unsaturated/α-hetero) is 2. The van der Waals surface area contributed by atoms with E-state index in [0.29, 0.717) is 31.0 Å². The fourth-order valence-electron chi connectivity index (χ4n) is 6.07. The predicted octanol–water partition coefficient (Wildman–Crippen LogP) is 2.48. The Morgan fingerprint density at radius 3 is 2.83 bits per heavy atom. The molecule has 4 rings (SSSR count). The van der Waals surface area contributed by atoms with Gasteiger partial charge in [-0.3, -0.25) is 9.59 Å². The third-order valence-electron chi connectivity index (χ3n) is 7.47. The van der Waals surface area contributed by atoms with Crippen molar-refractivity contribution in [1.82, 2.24) is 0 Å². The maximum absolute atomic E-state index is 12.3. The lowest BCUT2D eigenvalue weighted by atomic mass is 9.55. The summed E-state index contributed by atoms with van der Waals surface area (Å²) in [6, 6.07) is 0. The summed E-state index contributed by atoms with van der Waals surface area (Å²) in [6.07, 6.45) is 8.24. The van der Waals surface area contributed by atoms with Gasteiger partial charge >= 0.3 is 0 Å². The van der Waals surface area contributed by atoms with E-state index in [0.717, 1.165) is 32.1 Å². The lowest BCUT2D eigenvalue weighted by Gasteiger charge is -2.50. The van der Waals surface area contributed by atoms with Gasteiger partial charge in [-0.1, -0.05) is 18.6 Å². The van der Waals surface area contributed by atoms with Crippen molar-refractivity contribution in [2.24, 2.45) is 17.3 Å². The molecule has 0 aromatic rings. The normalized spacial score (nSPS) is 41.5. The Morgan fingerprint density at radius 2 is 2.08 bits per heavy atom. The molecule has 0 saturated heterocycles. The van der Waals surface area contributed by atoms with Gasteiger partial charge in [0.2, 0.25) is 0 Å². The first-order valence-electron chi connectivity index (χ1n) is 9.20. The van der Waals surface area contributed by atoms with Crippen molar-refractivity contribution >= 4 is 11.6 Å². The highest BCUT2D eigenvalue weighted by Crippen LogP contribution is 2.63. The molecule has 0 aliphatic heterocycles. The van der Waals surface area contributed by atoms with Crippen LogP contribution in [-0.2, 0) is 9.59 Å². The Hall–Kier alpha value is -1.26. The minimum Gasteiger partial charge on any atom is -0.388 e. The number of carbonyl (C=O) groups is 2. The van der Waals surface area contributed by atoms with Crippen molar-refractivity contribution in [3.05, 3.63) is 22.8 Å². The molecule has 0 spiro atoms. The molecule has 4 heteroatoms. The minimum atomic E-state index is -1.38. The molecule has 4 aliphatic carbocycles. The van der Waals surface area contributed by atoms with Crippen LogP contribution >= 0.6 is 0 Å². The van der Waals surface area contributed by atoms with E-state index in [2.05, 4.69) is 6.08 Å². The Morgan fingerprint density at radius 1 is 1.29 bits per heavy atom. The number of ketones is 2. The summed E-state index contributed by atoms with van der Waals surface area (Å²) in [6.45, 7) is 1.47. The van der Waals surface area contributed by atoms with E-state index in [1.807, 2.05) is 6.92 Å².